The molecule has 11 heavy (non-hydrogen) atoms. The summed E-state index contributed by atoms with van der Waals surface area (Å²) in [7, 11) is 0. The molecule has 0 saturated carbocycles. The highest BCUT2D eigenvalue weighted by molar-refractivity contribution is 9.11. The van der Waals surface area contributed by atoms with E-state index in [-0.39, 0.29) is 6.29 Å². The van der Waals surface area contributed by atoms with Gasteiger partial charge in [-0.25, -0.2) is 0 Å². The standard InChI is InChI=1S/C6H4BrNO2S/c7-4-1-2-6(11-4)8-5(10)3-9/h1-3H,(H,8,10). The zero-order chi connectivity index (χ0) is 8.27. The van der Waals surface area contributed by atoms with Gasteiger partial charge in [0.05, 0.1) is 8.79 Å². The highest BCUT2D eigenvalue weighted by atomic mass is 79.9. The average Bonchev–Trinajstić information content (AvgIpc) is 2.35. The molecule has 0 unspecified atom stereocenters. The highest BCUT2D eigenvalue weighted by Crippen LogP contribution is 2.26. The van der Waals surface area contributed by atoms with Crippen molar-refractivity contribution in [2.45, 2.75) is 0 Å². The minimum atomic E-state index is -0.626. The Morgan fingerprint density at radius 2 is 2.36 bits per heavy atom. The third kappa shape index (κ3) is 2.44. The number of rotatable bonds is 2. The van der Waals surface area contributed by atoms with Crippen LogP contribution in [0.4, 0.5) is 5.00 Å². The molecule has 3 nitrogen and oxygen atoms in total. The second-order valence-corrected chi connectivity index (χ2v) is 4.17. The molecule has 1 aromatic heterocycles. The molecule has 0 aliphatic heterocycles. The van der Waals surface area contributed by atoms with Crippen molar-refractivity contribution < 1.29 is 9.59 Å². The molecular weight excluding hydrogens is 230 g/mol. The average molecular weight is 234 g/mol. The van der Waals surface area contributed by atoms with Gasteiger partial charge in [0.25, 0.3) is 5.91 Å². The molecule has 5 heteroatoms. The summed E-state index contributed by atoms with van der Waals surface area (Å²) in [5.74, 6) is -0.626. The molecule has 0 spiro atoms. The lowest BCUT2D eigenvalue weighted by molar-refractivity contribution is -0.127. The van der Waals surface area contributed by atoms with Crippen LogP contribution in [0.15, 0.2) is 15.9 Å². The number of amides is 1. The predicted octanol–water partition coefficient (Wildman–Crippen LogP) is 1.65. The van der Waals surface area contributed by atoms with Crippen LogP contribution >= 0.6 is 27.3 Å². The normalized spacial score (nSPS) is 9.18. The van der Waals surface area contributed by atoms with E-state index in [1.54, 1.807) is 12.1 Å². The van der Waals surface area contributed by atoms with Crippen LogP contribution in [-0.4, -0.2) is 12.2 Å². The minimum absolute atomic E-state index is 0.244. The summed E-state index contributed by atoms with van der Waals surface area (Å²) >= 11 is 4.58. The predicted molar refractivity (Wildman–Crippen MR) is 46.7 cm³/mol. The molecule has 0 bridgehead atoms. The van der Waals surface area contributed by atoms with Gasteiger partial charge in [0.2, 0.25) is 6.29 Å². The summed E-state index contributed by atoms with van der Waals surface area (Å²) < 4.78 is 0.915. The van der Waals surface area contributed by atoms with Gasteiger partial charge in [-0.2, -0.15) is 0 Å². The third-order valence-electron chi connectivity index (χ3n) is 0.927. The van der Waals surface area contributed by atoms with Crippen molar-refractivity contribution >= 4 is 44.5 Å². The fourth-order valence-corrected chi connectivity index (χ4v) is 1.82. The number of thiophene rings is 1. The molecule has 0 aliphatic carbocycles. The summed E-state index contributed by atoms with van der Waals surface area (Å²) in [5, 5.41) is 3.06. The van der Waals surface area contributed by atoms with Gasteiger partial charge < -0.3 is 5.32 Å². The van der Waals surface area contributed by atoms with Crippen molar-refractivity contribution in [3.05, 3.63) is 15.9 Å². The lowest BCUT2D eigenvalue weighted by atomic mass is 10.6. The molecule has 0 fully saturated rings. The number of hydrogen-bond donors (Lipinski definition) is 1. The van der Waals surface area contributed by atoms with E-state index in [0.717, 1.165) is 3.79 Å². The lowest BCUT2D eigenvalue weighted by Crippen LogP contribution is -2.10. The summed E-state index contributed by atoms with van der Waals surface area (Å²) in [5.41, 5.74) is 0. The first-order chi connectivity index (χ1) is 5.22. The van der Waals surface area contributed by atoms with Crippen LogP contribution in [0, 0.1) is 0 Å². The van der Waals surface area contributed by atoms with Crippen molar-refractivity contribution in [3.63, 3.8) is 0 Å². The molecule has 0 saturated heterocycles. The first-order valence-electron chi connectivity index (χ1n) is 2.74. The molecule has 0 aromatic carbocycles. The molecule has 0 aliphatic rings. The number of carbonyl (C=O) groups excluding carboxylic acids is 2. The largest absolute Gasteiger partial charge is 0.311 e. The first kappa shape index (κ1) is 8.42. The number of nitrogens with one attached hydrogen (secondary N) is 1. The number of anilines is 1. The molecule has 0 radical (unpaired) electrons. The Morgan fingerprint density at radius 3 is 2.82 bits per heavy atom. The van der Waals surface area contributed by atoms with Gasteiger partial charge >= 0.3 is 0 Å². The molecular formula is C6H4BrNO2S. The summed E-state index contributed by atoms with van der Waals surface area (Å²) in [6.07, 6.45) is 0.244. The van der Waals surface area contributed by atoms with Gasteiger partial charge in [0.1, 0.15) is 0 Å². The van der Waals surface area contributed by atoms with Crippen LogP contribution in [0.5, 0.6) is 0 Å². The lowest BCUT2D eigenvalue weighted by Gasteiger charge is -1.91. The van der Waals surface area contributed by atoms with Gasteiger partial charge in [-0.3, -0.25) is 9.59 Å². The van der Waals surface area contributed by atoms with E-state index in [0.29, 0.717) is 5.00 Å². The summed E-state index contributed by atoms with van der Waals surface area (Å²) in [6.45, 7) is 0. The maximum Gasteiger partial charge on any atom is 0.289 e. The monoisotopic (exact) mass is 233 g/mol. The molecule has 1 aromatic rings. The second kappa shape index (κ2) is 3.64. The van der Waals surface area contributed by atoms with Crippen LogP contribution in [-0.2, 0) is 9.59 Å². The first-order valence-corrected chi connectivity index (χ1v) is 4.35. The molecule has 1 heterocycles. The fraction of sp³-hybridized carbons (Fsp3) is 0. The van der Waals surface area contributed by atoms with Gasteiger partial charge in [-0.05, 0) is 28.1 Å². The van der Waals surface area contributed by atoms with E-state index in [4.69, 9.17) is 0 Å². The molecule has 58 valence electrons. The van der Waals surface area contributed by atoms with Gasteiger partial charge in [-0.1, -0.05) is 0 Å². The fourth-order valence-electron chi connectivity index (χ4n) is 0.532. The van der Waals surface area contributed by atoms with E-state index in [1.807, 2.05) is 0 Å². The van der Waals surface area contributed by atoms with Crippen LogP contribution in [0.3, 0.4) is 0 Å². The van der Waals surface area contributed by atoms with Crippen molar-refractivity contribution in [2.75, 3.05) is 5.32 Å². The Morgan fingerprint density at radius 1 is 1.64 bits per heavy atom. The van der Waals surface area contributed by atoms with E-state index < -0.39 is 5.91 Å². The summed E-state index contributed by atoms with van der Waals surface area (Å²) in [4.78, 5) is 20.4. The van der Waals surface area contributed by atoms with Crippen LogP contribution in [0.2, 0.25) is 0 Å². The molecule has 0 atom stereocenters. The van der Waals surface area contributed by atoms with Crippen molar-refractivity contribution in [3.8, 4) is 0 Å². The van der Waals surface area contributed by atoms with Crippen molar-refractivity contribution in [2.24, 2.45) is 0 Å². The molecule has 1 rings (SSSR count). The smallest absolute Gasteiger partial charge is 0.289 e. The second-order valence-electron chi connectivity index (χ2n) is 1.71. The van der Waals surface area contributed by atoms with Crippen LogP contribution in [0.25, 0.3) is 0 Å². The number of aldehydes is 1. The quantitative estimate of drug-likeness (QED) is 0.624. The van der Waals surface area contributed by atoms with E-state index >= 15 is 0 Å². The number of hydrogen-bond acceptors (Lipinski definition) is 3. The van der Waals surface area contributed by atoms with Gasteiger partial charge in [-0.15, -0.1) is 11.3 Å². The molecule has 1 amide bonds. The maximum absolute atomic E-state index is 10.5. The van der Waals surface area contributed by atoms with Crippen LogP contribution < -0.4 is 5.32 Å². The Hall–Kier alpha value is -0.680. The Bertz CT molecular complexity index is 284. The van der Waals surface area contributed by atoms with E-state index in [9.17, 15) is 9.59 Å². The third-order valence-corrected chi connectivity index (χ3v) is 2.47. The van der Waals surface area contributed by atoms with Crippen molar-refractivity contribution in [1.29, 1.82) is 0 Å². The Kier molecular flexibility index (Phi) is 2.78. The summed E-state index contributed by atoms with van der Waals surface area (Å²) in [6, 6.07) is 3.52. The highest BCUT2D eigenvalue weighted by Gasteiger charge is 2.00. The van der Waals surface area contributed by atoms with Crippen molar-refractivity contribution in [1.82, 2.24) is 0 Å². The molecule has 1 N–H and O–H groups in total. The Balaban J connectivity index is 2.64. The zero-order valence-corrected chi connectivity index (χ0v) is 7.74. The van der Waals surface area contributed by atoms with E-state index in [2.05, 4.69) is 21.2 Å². The SMILES string of the molecule is O=CC(=O)Nc1ccc(Br)s1. The zero-order valence-electron chi connectivity index (χ0n) is 5.33. The van der Waals surface area contributed by atoms with Gasteiger partial charge in [0.15, 0.2) is 0 Å². The van der Waals surface area contributed by atoms with E-state index in [1.165, 1.54) is 11.3 Å². The number of halogens is 1. The Labute approximate surface area is 75.5 Å². The maximum atomic E-state index is 10.5. The topological polar surface area (TPSA) is 46.2 Å². The minimum Gasteiger partial charge on any atom is -0.311 e. The van der Waals surface area contributed by atoms with Crippen LogP contribution in [0.1, 0.15) is 0 Å². The number of carbonyl (C=O) groups is 2. The van der Waals surface area contributed by atoms with Gasteiger partial charge in [0, 0.05) is 0 Å².